The molecule has 174 valence electrons. The summed E-state index contributed by atoms with van der Waals surface area (Å²) < 4.78 is 14.3. The zero-order valence-corrected chi connectivity index (χ0v) is 19.3. The third kappa shape index (κ3) is 4.90. The van der Waals surface area contributed by atoms with E-state index in [1.165, 1.54) is 5.56 Å². The number of hydrogen-bond acceptors (Lipinski definition) is 4. The molecule has 0 spiro atoms. The number of nitrogens with zero attached hydrogens (tertiary/aromatic N) is 3. The van der Waals surface area contributed by atoms with Crippen molar-refractivity contribution >= 4 is 0 Å². The Morgan fingerprint density at radius 2 is 1.74 bits per heavy atom. The van der Waals surface area contributed by atoms with Crippen molar-refractivity contribution in [3.8, 4) is 11.8 Å². The summed E-state index contributed by atoms with van der Waals surface area (Å²) in [6.45, 7) is 3.62. The first-order valence-corrected chi connectivity index (χ1v) is 12.1. The van der Waals surface area contributed by atoms with Crippen LogP contribution in [-0.2, 0) is 6.54 Å². The summed E-state index contributed by atoms with van der Waals surface area (Å²) in [5.74, 6) is 6.48. The van der Waals surface area contributed by atoms with Gasteiger partial charge in [-0.05, 0) is 61.8 Å². The highest BCUT2D eigenvalue weighted by Gasteiger charge is 2.49. The van der Waals surface area contributed by atoms with Crippen molar-refractivity contribution in [2.45, 2.75) is 37.4 Å². The monoisotopic (exact) mass is 455 g/mol. The van der Waals surface area contributed by atoms with Crippen molar-refractivity contribution in [1.29, 1.82) is 0 Å². The molecule has 2 fully saturated rings. The average molecular weight is 456 g/mol. The molecule has 1 N–H and O–H groups in total. The lowest BCUT2D eigenvalue weighted by molar-refractivity contribution is -0.0656. The van der Waals surface area contributed by atoms with Crippen LogP contribution in [0.5, 0.6) is 0 Å². The first-order chi connectivity index (χ1) is 16.7. The molecule has 0 bridgehead atoms. The van der Waals surface area contributed by atoms with Gasteiger partial charge in [-0.3, -0.25) is 14.8 Å². The Balaban J connectivity index is 1.33. The van der Waals surface area contributed by atoms with Gasteiger partial charge in [0, 0.05) is 60.2 Å². The topological polar surface area (TPSA) is 39.6 Å². The molecular formula is C29H30FN3O. The number of halogens is 1. The van der Waals surface area contributed by atoms with Gasteiger partial charge in [0.2, 0.25) is 0 Å². The Labute approximate surface area is 201 Å². The molecule has 0 saturated carbocycles. The first kappa shape index (κ1) is 22.7. The van der Waals surface area contributed by atoms with E-state index in [-0.39, 0.29) is 24.4 Å². The fraction of sp³-hybridized carbons (Fsp3) is 0.345. The van der Waals surface area contributed by atoms with Crippen molar-refractivity contribution in [3.63, 3.8) is 0 Å². The van der Waals surface area contributed by atoms with E-state index in [2.05, 4.69) is 50.9 Å². The standard InChI is InChI=1S/C29H30FN3O/c30-26-8-2-1-7-25(26)19-32-16-3-4-17-33-27(20-32)29(28(33)21-34)24-13-11-22(12-14-24)9-10-23-6-5-15-31-18-23/h1-2,5-8,11-15,18,27-29,34H,3-4,16-17,19-21H2/t27-,28-,29+/m1/s1. The van der Waals surface area contributed by atoms with Gasteiger partial charge in [-0.25, -0.2) is 4.39 Å². The Hall–Kier alpha value is -3.04. The van der Waals surface area contributed by atoms with Gasteiger partial charge in [0.05, 0.1) is 6.61 Å². The van der Waals surface area contributed by atoms with Gasteiger partial charge in [0.1, 0.15) is 5.82 Å². The lowest BCUT2D eigenvalue weighted by Gasteiger charge is -2.57. The number of aromatic nitrogens is 1. The van der Waals surface area contributed by atoms with Crippen LogP contribution in [0.25, 0.3) is 0 Å². The van der Waals surface area contributed by atoms with Crippen molar-refractivity contribution in [2.75, 3.05) is 26.2 Å². The molecule has 1 aromatic heterocycles. The number of pyridine rings is 1. The quantitative estimate of drug-likeness (QED) is 0.603. The number of hydrogen-bond donors (Lipinski definition) is 1. The molecule has 5 rings (SSSR count). The van der Waals surface area contributed by atoms with Gasteiger partial charge in [-0.15, -0.1) is 0 Å². The Morgan fingerprint density at radius 1 is 0.941 bits per heavy atom. The van der Waals surface area contributed by atoms with Crippen LogP contribution in [-0.4, -0.2) is 58.2 Å². The summed E-state index contributed by atoms with van der Waals surface area (Å²) >= 11 is 0. The third-order valence-electron chi connectivity index (χ3n) is 7.11. The van der Waals surface area contributed by atoms with E-state index in [1.54, 1.807) is 24.5 Å². The predicted molar refractivity (Wildman–Crippen MR) is 132 cm³/mol. The van der Waals surface area contributed by atoms with Crippen LogP contribution in [0.1, 0.15) is 41.0 Å². The van der Waals surface area contributed by atoms with E-state index in [0.29, 0.717) is 12.6 Å². The molecule has 0 aliphatic carbocycles. The second-order valence-corrected chi connectivity index (χ2v) is 9.23. The van der Waals surface area contributed by atoms with Gasteiger partial charge in [-0.1, -0.05) is 42.2 Å². The van der Waals surface area contributed by atoms with Crippen LogP contribution in [0.4, 0.5) is 4.39 Å². The number of fused-ring (bicyclic) bond motifs is 1. The minimum Gasteiger partial charge on any atom is -0.395 e. The van der Waals surface area contributed by atoms with Crippen LogP contribution >= 0.6 is 0 Å². The third-order valence-corrected chi connectivity index (χ3v) is 7.11. The van der Waals surface area contributed by atoms with Crippen LogP contribution in [0.3, 0.4) is 0 Å². The second kappa shape index (κ2) is 10.5. The van der Waals surface area contributed by atoms with Crippen molar-refractivity contribution in [3.05, 3.63) is 101 Å². The molecular weight excluding hydrogens is 425 g/mol. The van der Waals surface area contributed by atoms with Gasteiger partial charge in [-0.2, -0.15) is 0 Å². The largest absolute Gasteiger partial charge is 0.395 e. The molecule has 0 unspecified atom stereocenters. The Kier molecular flexibility index (Phi) is 7.01. The molecule has 5 heteroatoms. The van der Waals surface area contributed by atoms with Crippen LogP contribution in [0.2, 0.25) is 0 Å². The first-order valence-electron chi connectivity index (χ1n) is 12.1. The molecule has 3 heterocycles. The predicted octanol–water partition coefficient (Wildman–Crippen LogP) is 4.05. The van der Waals surface area contributed by atoms with Gasteiger partial charge in [0.25, 0.3) is 0 Å². The fourth-order valence-corrected chi connectivity index (χ4v) is 5.39. The van der Waals surface area contributed by atoms with Crippen molar-refractivity contribution < 1.29 is 9.50 Å². The van der Waals surface area contributed by atoms with Gasteiger partial charge < -0.3 is 5.11 Å². The number of aliphatic hydroxyl groups is 1. The zero-order chi connectivity index (χ0) is 23.3. The van der Waals surface area contributed by atoms with Gasteiger partial charge >= 0.3 is 0 Å². The summed E-state index contributed by atoms with van der Waals surface area (Å²) in [7, 11) is 0. The number of rotatable bonds is 4. The highest BCUT2D eigenvalue weighted by molar-refractivity contribution is 5.43. The smallest absolute Gasteiger partial charge is 0.127 e. The summed E-state index contributed by atoms with van der Waals surface area (Å²) in [5, 5.41) is 10.2. The van der Waals surface area contributed by atoms with E-state index in [1.807, 2.05) is 24.3 Å². The molecule has 3 aromatic rings. The molecule has 0 radical (unpaired) electrons. The lowest BCUT2D eigenvalue weighted by atomic mass is 9.74. The van der Waals surface area contributed by atoms with Crippen molar-refractivity contribution in [1.82, 2.24) is 14.8 Å². The highest BCUT2D eigenvalue weighted by atomic mass is 19.1. The highest BCUT2D eigenvalue weighted by Crippen LogP contribution is 2.42. The molecule has 3 atom stereocenters. The molecule has 4 nitrogen and oxygen atoms in total. The zero-order valence-electron chi connectivity index (χ0n) is 19.3. The Bertz CT molecular complexity index is 1160. The molecule has 34 heavy (non-hydrogen) atoms. The molecule has 2 aliphatic heterocycles. The van der Waals surface area contributed by atoms with E-state index in [4.69, 9.17) is 0 Å². The van der Waals surface area contributed by atoms with E-state index >= 15 is 0 Å². The maximum atomic E-state index is 14.3. The van der Waals surface area contributed by atoms with Crippen LogP contribution in [0.15, 0.2) is 73.1 Å². The van der Waals surface area contributed by atoms with Gasteiger partial charge in [0.15, 0.2) is 0 Å². The van der Waals surface area contributed by atoms with E-state index in [9.17, 15) is 9.50 Å². The van der Waals surface area contributed by atoms with Crippen LogP contribution < -0.4 is 0 Å². The lowest BCUT2D eigenvalue weighted by Crippen LogP contribution is -2.67. The Morgan fingerprint density at radius 3 is 2.50 bits per heavy atom. The summed E-state index contributed by atoms with van der Waals surface area (Å²) in [6, 6.07) is 19.8. The number of benzene rings is 2. The molecule has 2 aliphatic rings. The minimum absolute atomic E-state index is 0.130. The second-order valence-electron chi connectivity index (χ2n) is 9.23. The maximum Gasteiger partial charge on any atom is 0.127 e. The summed E-state index contributed by atoms with van der Waals surface area (Å²) in [6.07, 6.45) is 5.69. The summed E-state index contributed by atoms with van der Waals surface area (Å²) in [4.78, 5) is 8.94. The minimum atomic E-state index is -0.136. The average Bonchev–Trinajstić information content (AvgIpc) is 2.86. The SMILES string of the molecule is OC[C@@H]1[C@@H](c2ccc(C#Cc3cccnc3)cc2)[C@H]2CN(Cc3ccccc3F)CCCCN12. The normalized spacial score (nSPS) is 23.1. The van der Waals surface area contributed by atoms with E-state index < -0.39 is 0 Å². The molecule has 2 saturated heterocycles. The van der Waals surface area contributed by atoms with Crippen molar-refractivity contribution in [2.24, 2.45) is 0 Å². The maximum absolute atomic E-state index is 14.3. The molecule has 2 aromatic carbocycles. The fourth-order valence-electron chi connectivity index (χ4n) is 5.39. The van der Waals surface area contributed by atoms with E-state index in [0.717, 1.165) is 49.2 Å². The van der Waals surface area contributed by atoms with Crippen LogP contribution in [0, 0.1) is 17.7 Å². The molecule has 0 amide bonds. The summed E-state index contributed by atoms with van der Waals surface area (Å²) in [5.41, 5.74) is 3.84. The number of aliphatic hydroxyl groups excluding tert-OH is 1.